The Balaban J connectivity index is 2.38. The van der Waals surface area contributed by atoms with Crippen molar-refractivity contribution in [2.75, 3.05) is 5.32 Å². The monoisotopic (exact) mass is 330 g/mol. The van der Waals surface area contributed by atoms with E-state index in [1.165, 1.54) is 0 Å². The molecule has 0 aliphatic carbocycles. The molecule has 0 atom stereocenters. The second-order valence-electron chi connectivity index (χ2n) is 3.54. The third-order valence-electron chi connectivity index (χ3n) is 2.26. The summed E-state index contributed by atoms with van der Waals surface area (Å²) in [6, 6.07) is 7.18. The highest BCUT2D eigenvalue weighted by Crippen LogP contribution is 2.31. The van der Waals surface area contributed by atoms with E-state index in [1.807, 2.05) is 13.0 Å². The summed E-state index contributed by atoms with van der Waals surface area (Å²) in [5.74, 6) is 0.717. The van der Waals surface area contributed by atoms with Crippen molar-refractivity contribution in [3.05, 3.63) is 50.5 Å². The lowest BCUT2D eigenvalue weighted by Crippen LogP contribution is -1.96. The number of hydrogen-bond donors (Lipinski definition) is 1. The van der Waals surface area contributed by atoms with Crippen LogP contribution in [0, 0.1) is 6.92 Å². The first kappa shape index (κ1) is 12.7. The van der Waals surface area contributed by atoms with Gasteiger partial charge in [0.25, 0.3) is 0 Å². The van der Waals surface area contributed by atoms with E-state index in [-0.39, 0.29) is 0 Å². The maximum Gasteiger partial charge on any atom is 0.144 e. The van der Waals surface area contributed by atoms with E-state index in [1.54, 1.807) is 24.4 Å². The molecule has 5 heteroatoms. The number of aryl methyl sites for hydroxylation is 1. The molecule has 17 heavy (non-hydrogen) atoms. The van der Waals surface area contributed by atoms with E-state index in [2.05, 4.69) is 26.2 Å². The van der Waals surface area contributed by atoms with Crippen LogP contribution >= 0.6 is 39.1 Å². The van der Waals surface area contributed by atoms with Crippen molar-refractivity contribution in [2.45, 2.75) is 6.92 Å². The lowest BCUT2D eigenvalue weighted by atomic mass is 10.3. The van der Waals surface area contributed by atoms with E-state index in [0.717, 1.165) is 15.7 Å². The number of nitrogens with one attached hydrogen (secondary N) is 1. The fourth-order valence-electron chi connectivity index (χ4n) is 1.35. The first-order valence-corrected chi connectivity index (χ1v) is 6.46. The van der Waals surface area contributed by atoms with Gasteiger partial charge in [0, 0.05) is 11.2 Å². The summed E-state index contributed by atoms with van der Waals surface area (Å²) < 4.78 is 0.913. The van der Waals surface area contributed by atoms with Gasteiger partial charge in [-0.15, -0.1) is 0 Å². The Labute approximate surface area is 118 Å². The second kappa shape index (κ2) is 5.25. The van der Waals surface area contributed by atoms with Crippen LogP contribution in [0.2, 0.25) is 10.0 Å². The Morgan fingerprint density at radius 1 is 1.24 bits per heavy atom. The van der Waals surface area contributed by atoms with Gasteiger partial charge in [-0.3, -0.25) is 0 Å². The molecular formula is C12H9BrCl2N2. The van der Waals surface area contributed by atoms with Crippen molar-refractivity contribution in [3.63, 3.8) is 0 Å². The van der Waals surface area contributed by atoms with Crippen LogP contribution in [-0.2, 0) is 0 Å². The summed E-state index contributed by atoms with van der Waals surface area (Å²) in [4.78, 5) is 4.25. The lowest BCUT2D eigenvalue weighted by molar-refractivity contribution is 1.25. The molecule has 0 saturated heterocycles. The Morgan fingerprint density at radius 2 is 2.00 bits per heavy atom. The zero-order valence-electron chi connectivity index (χ0n) is 8.97. The number of anilines is 2. The summed E-state index contributed by atoms with van der Waals surface area (Å²) in [5.41, 5.74) is 1.83. The Hall–Kier alpha value is -0.770. The zero-order chi connectivity index (χ0) is 12.4. The minimum Gasteiger partial charge on any atom is -0.338 e. The van der Waals surface area contributed by atoms with Crippen LogP contribution in [0.1, 0.15) is 5.56 Å². The molecule has 0 radical (unpaired) electrons. The van der Waals surface area contributed by atoms with Gasteiger partial charge in [-0.1, -0.05) is 23.2 Å². The maximum atomic E-state index is 6.07. The smallest absolute Gasteiger partial charge is 0.144 e. The molecule has 88 valence electrons. The first-order chi connectivity index (χ1) is 8.08. The lowest BCUT2D eigenvalue weighted by Gasteiger charge is -2.10. The number of aromatic nitrogens is 1. The van der Waals surface area contributed by atoms with E-state index in [0.29, 0.717) is 15.9 Å². The summed E-state index contributed by atoms with van der Waals surface area (Å²) in [6.07, 6.45) is 1.74. The van der Waals surface area contributed by atoms with E-state index < -0.39 is 0 Å². The quantitative estimate of drug-likeness (QED) is 0.817. The number of rotatable bonds is 2. The minimum atomic E-state index is 0.601. The normalized spacial score (nSPS) is 10.4. The fourth-order valence-corrected chi connectivity index (χ4v) is 2.02. The Kier molecular flexibility index (Phi) is 3.92. The van der Waals surface area contributed by atoms with Crippen LogP contribution in [0.5, 0.6) is 0 Å². The third kappa shape index (κ3) is 2.92. The summed E-state index contributed by atoms with van der Waals surface area (Å²) >= 11 is 15.5. The van der Waals surface area contributed by atoms with Gasteiger partial charge in [0.05, 0.1) is 15.2 Å². The molecule has 0 aliphatic rings. The summed E-state index contributed by atoms with van der Waals surface area (Å²) in [7, 11) is 0. The van der Waals surface area contributed by atoms with Crippen molar-refractivity contribution in [3.8, 4) is 0 Å². The second-order valence-corrected chi connectivity index (χ2v) is 5.18. The molecular weight excluding hydrogens is 323 g/mol. The van der Waals surface area contributed by atoms with Gasteiger partial charge in [0.2, 0.25) is 0 Å². The molecule has 0 spiro atoms. The predicted octanol–water partition coefficient (Wildman–Crippen LogP) is 5.20. The first-order valence-electron chi connectivity index (χ1n) is 4.91. The number of nitrogens with zero attached hydrogens (tertiary/aromatic N) is 1. The van der Waals surface area contributed by atoms with Gasteiger partial charge < -0.3 is 5.32 Å². The molecule has 0 fully saturated rings. The zero-order valence-corrected chi connectivity index (χ0v) is 12.1. The molecule has 0 aliphatic heterocycles. The van der Waals surface area contributed by atoms with Gasteiger partial charge in [-0.2, -0.15) is 0 Å². The molecule has 1 N–H and O–H groups in total. The standard InChI is InChI=1S/C12H9BrCl2N2/c1-7-4-5-16-12(11(7)13)17-10-6-8(14)2-3-9(10)15/h2-6H,1H3,(H,16,17). The SMILES string of the molecule is Cc1ccnc(Nc2cc(Cl)ccc2Cl)c1Br. The molecule has 0 amide bonds. The van der Waals surface area contributed by atoms with Crippen molar-refractivity contribution < 1.29 is 0 Å². The predicted molar refractivity (Wildman–Crippen MR) is 76.4 cm³/mol. The van der Waals surface area contributed by atoms with Gasteiger partial charge in [-0.05, 0) is 52.7 Å². The third-order valence-corrected chi connectivity index (χ3v) is 3.83. The van der Waals surface area contributed by atoms with Crippen molar-refractivity contribution in [1.29, 1.82) is 0 Å². The molecule has 2 rings (SSSR count). The minimum absolute atomic E-state index is 0.601. The highest BCUT2D eigenvalue weighted by molar-refractivity contribution is 9.10. The molecule has 1 aromatic heterocycles. The highest BCUT2D eigenvalue weighted by atomic mass is 79.9. The fraction of sp³-hybridized carbons (Fsp3) is 0.0833. The molecule has 0 bridgehead atoms. The van der Waals surface area contributed by atoms with Gasteiger partial charge >= 0.3 is 0 Å². The van der Waals surface area contributed by atoms with Gasteiger partial charge in [0.1, 0.15) is 5.82 Å². The van der Waals surface area contributed by atoms with E-state index in [9.17, 15) is 0 Å². The Morgan fingerprint density at radius 3 is 2.76 bits per heavy atom. The molecule has 2 nitrogen and oxygen atoms in total. The van der Waals surface area contributed by atoms with Crippen LogP contribution < -0.4 is 5.32 Å². The number of benzene rings is 1. The van der Waals surface area contributed by atoms with Crippen LogP contribution in [0.3, 0.4) is 0 Å². The number of hydrogen-bond acceptors (Lipinski definition) is 2. The van der Waals surface area contributed by atoms with Crippen LogP contribution in [0.4, 0.5) is 11.5 Å². The molecule has 1 aromatic carbocycles. The van der Waals surface area contributed by atoms with Gasteiger partial charge in [0.15, 0.2) is 0 Å². The van der Waals surface area contributed by atoms with Crippen LogP contribution in [0.15, 0.2) is 34.9 Å². The van der Waals surface area contributed by atoms with Crippen molar-refractivity contribution in [2.24, 2.45) is 0 Å². The van der Waals surface area contributed by atoms with E-state index in [4.69, 9.17) is 23.2 Å². The topological polar surface area (TPSA) is 24.9 Å². The van der Waals surface area contributed by atoms with Gasteiger partial charge in [-0.25, -0.2) is 4.98 Å². The maximum absolute atomic E-state index is 6.07. The van der Waals surface area contributed by atoms with Crippen molar-refractivity contribution >= 4 is 50.6 Å². The number of pyridine rings is 1. The van der Waals surface area contributed by atoms with Crippen LogP contribution in [-0.4, -0.2) is 4.98 Å². The molecule has 0 saturated carbocycles. The average Bonchev–Trinajstić information content (AvgIpc) is 2.30. The molecule has 1 heterocycles. The molecule has 2 aromatic rings. The van der Waals surface area contributed by atoms with Crippen LogP contribution in [0.25, 0.3) is 0 Å². The molecule has 0 unspecified atom stereocenters. The largest absolute Gasteiger partial charge is 0.338 e. The summed E-state index contributed by atoms with van der Waals surface area (Å²) in [5, 5.41) is 4.37. The van der Waals surface area contributed by atoms with E-state index >= 15 is 0 Å². The average molecular weight is 332 g/mol. The number of halogens is 3. The Bertz CT molecular complexity index is 558. The highest BCUT2D eigenvalue weighted by Gasteiger charge is 2.07. The summed E-state index contributed by atoms with van der Waals surface area (Å²) in [6.45, 7) is 2.00. The van der Waals surface area contributed by atoms with Crippen molar-refractivity contribution in [1.82, 2.24) is 4.98 Å².